The molecule has 27 heavy (non-hydrogen) atoms. The van der Waals surface area contributed by atoms with Gasteiger partial charge in [-0.25, -0.2) is 4.39 Å². The molecule has 1 atom stereocenters. The molecule has 0 fully saturated rings. The number of halogens is 1. The van der Waals surface area contributed by atoms with Gasteiger partial charge in [0.15, 0.2) is 5.43 Å². The minimum Gasteiger partial charge on any atom is -0.390 e. The second kappa shape index (κ2) is 7.25. The first kappa shape index (κ1) is 17.9. The van der Waals surface area contributed by atoms with Crippen LogP contribution in [-0.4, -0.2) is 9.67 Å². The lowest BCUT2D eigenvalue weighted by molar-refractivity contribution is 0.0390. The maximum atomic E-state index is 14.9. The van der Waals surface area contributed by atoms with Gasteiger partial charge in [0, 0.05) is 29.3 Å². The standard InChI is InChI=1S/C22H22FNO3/c1-2-24-15(12-25)10-19(26)17-11-18(23)21-16(22(17)24)8-9-20(21)27-13-14-6-4-3-5-7-14/h3-7,10-11,20,25H,2,8-9,12-13H2,1H3. The molecule has 5 heteroatoms. The summed E-state index contributed by atoms with van der Waals surface area (Å²) in [6, 6.07) is 12.5. The third-order valence-corrected chi connectivity index (χ3v) is 5.32. The lowest BCUT2D eigenvalue weighted by Gasteiger charge is -2.19. The van der Waals surface area contributed by atoms with Crippen LogP contribution in [0, 0.1) is 5.82 Å². The molecule has 1 aromatic heterocycles. The molecule has 1 aliphatic rings. The number of aliphatic hydroxyl groups is 1. The zero-order valence-corrected chi connectivity index (χ0v) is 15.2. The van der Waals surface area contributed by atoms with Crippen molar-refractivity contribution in [2.45, 2.75) is 45.6 Å². The number of nitrogens with zero attached hydrogens (tertiary/aromatic N) is 1. The van der Waals surface area contributed by atoms with Crippen molar-refractivity contribution in [2.24, 2.45) is 0 Å². The second-order valence-electron chi connectivity index (χ2n) is 6.87. The lowest BCUT2D eigenvalue weighted by Crippen LogP contribution is -2.16. The maximum Gasteiger partial charge on any atom is 0.189 e. The van der Waals surface area contributed by atoms with E-state index in [1.807, 2.05) is 41.8 Å². The quantitative estimate of drug-likeness (QED) is 0.745. The Kier molecular flexibility index (Phi) is 4.81. The van der Waals surface area contributed by atoms with Gasteiger partial charge in [0.25, 0.3) is 0 Å². The van der Waals surface area contributed by atoms with Crippen LogP contribution in [0.4, 0.5) is 4.39 Å². The third-order valence-electron chi connectivity index (χ3n) is 5.32. The Morgan fingerprint density at radius 3 is 2.74 bits per heavy atom. The highest BCUT2D eigenvalue weighted by atomic mass is 19.1. The Morgan fingerprint density at radius 2 is 2.04 bits per heavy atom. The van der Waals surface area contributed by atoms with Crippen LogP contribution in [-0.2, 0) is 30.9 Å². The fourth-order valence-corrected chi connectivity index (χ4v) is 4.10. The highest BCUT2D eigenvalue weighted by Gasteiger charge is 2.30. The molecule has 0 spiro atoms. The zero-order valence-electron chi connectivity index (χ0n) is 15.2. The van der Waals surface area contributed by atoms with Crippen LogP contribution in [0.25, 0.3) is 10.9 Å². The van der Waals surface area contributed by atoms with Gasteiger partial charge in [0.1, 0.15) is 5.82 Å². The average Bonchev–Trinajstić information content (AvgIpc) is 3.12. The minimum absolute atomic E-state index is 0.223. The van der Waals surface area contributed by atoms with Crippen molar-refractivity contribution < 1.29 is 14.2 Å². The summed E-state index contributed by atoms with van der Waals surface area (Å²) in [5, 5.41) is 10.0. The first-order valence-corrected chi connectivity index (χ1v) is 9.28. The van der Waals surface area contributed by atoms with E-state index < -0.39 is 0 Å². The largest absolute Gasteiger partial charge is 0.390 e. The van der Waals surface area contributed by atoms with Gasteiger partial charge < -0.3 is 14.4 Å². The van der Waals surface area contributed by atoms with Gasteiger partial charge in [0.05, 0.1) is 24.8 Å². The van der Waals surface area contributed by atoms with E-state index in [2.05, 4.69) is 0 Å². The van der Waals surface area contributed by atoms with Crippen LogP contribution < -0.4 is 5.43 Å². The number of aromatic nitrogens is 1. The fraction of sp³-hybridized carbons (Fsp3) is 0.318. The molecule has 0 amide bonds. The van der Waals surface area contributed by atoms with Crippen molar-refractivity contribution in [3.05, 3.63) is 80.9 Å². The highest BCUT2D eigenvalue weighted by molar-refractivity contribution is 5.85. The number of pyridine rings is 1. The zero-order chi connectivity index (χ0) is 19.0. The van der Waals surface area contributed by atoms with E-state index in [0.717, 1.165) is 16.6 Å². The fourth-order valence-electron chi connectivity index (χ4n) is 4.10. The van der Waals surface area contributed by atoms with Crippen LogP contribution in [0.2, 0.25) is 0 Å². The molecule has 0 saturated heterocycles. The monoisotopic (exact) mass is 367 g/mol. The Hall–Kier alpha value is -2.50. The minimum atomic E-state index is -0.385. The molecule has 4 rings (SSSR count). The summed E-state index contributed by atoms with van der Waals surface area (Å²) >= 11 is 0. The molecule has 1 N–H and O–H groups in total. The van der Waals surface area contributed by atoms with Crippen molar-refractivity contribution >= 4 is 10.9 Å². The Morgan fingerprint density at radius 1 is 1.26 bits per heavy atom. The van der Waals surface area contributed by atoms with Crippen LogP contribution in [0.1, 0.15) is 41.8 Å². The van der Waals surface area contributed by atoms with Crippen LogP contribution in [0.5, 0.6) is 0 Å². The first-order valence-electron chi connectivity index (χ1n) is 9.28. The van der Waals surface area contributed by atoms with E-state index in [9.17, 15) is 14.3 Å². The summed E-state index contributed by atoms with van der Waals surface area (Å²) in [4.78, 5) is 12.4. The van der Waals surface area contributed by atoms with Crippen LogP contribution in [0.3, 0.4) is 0 Å². The van der Waals surface area contributed by atoms with E-state index in [-0.39, 0.29) is 24.0 Å². The predicted octanol–water partition coefficient (Wildman–Crippen LogP) is 3.86. The Bertz CT molecular complexity index is 1040. The summed E-state index contributed by atoms with van der Waals surface area (Å²) < 4.78 is 22.9. The average molecular weight is 367 g/mol. The highest BCUT2D eigenvalue weighted by Crippen LogP contribution is 2.40. The van der Waals surface area contributed by atoms with E-state index >= 15 is 0 Å². The summed E-state index contributed by atoms with van der Waals surface area (Å²) in [6.07, 6.45) is 0.999. The van der Waals surface area contributed by atoms with E-state index in [4.69, 9.17) is 4.74 Å². The summed E-state index contributed by atoms with van der Waals surface area (Å²) in [7, 11) is 0. The molecule has 0 aliphatic heterocycles. The van der Waals surface area contributed by atoms with Crippen molar-refractivity contribution in [2.75, 3.05) is 0 Å². The SMILES string of the molecule is CCn1c(CO)cc(=O)c2cc(F)c3c(c21)CCC3OCc1ccccc1. The van der Waals surface area contributed by atoms with E-state index in [1.165, 1.54) is 12.1 Å². The maximum absolute atomic E-state index is 14.9. The molecule has 0 saturated carbocycles. The first-order chi connectivity index (χ1) is 13.1. The molecular weight excluding hydrogens is 345 g/mol. The number of aliphatic hydroxyl groups excluding tert-OH is 1. The third kappa shape index (κ3) is 3.07. The summed E-state index contributed by atoms with van der Waals surface area (Å²) in [6.45, 7) is 2.75. The summed E-state index contributed by atoms with van der Waals surface area (Å²) in [5.74, 6) is -0.385. The number of ether oxygens (including phenoxy) is 1. The molecule has 3 aromatic rings. The van der Waals surface area contributed by atoms with Crippen molar-refractivity contribution in [3.63, 3.8) is 0 Å². The normalized spacial score (nSPS) is 16.0. The van der Waals surface area contributed by atoms with Gasteiger partial charge >= 0.3 is 0 Å². The van der Waals surface area contributed by atoms with Crippen molar-refractivity contribution in [1.82, 2.24) is 4.57 Å². The molecule has 2 aromatic carbocycles. The molecule has 0 bridgehead atoms. The van der Waals surface area contributed by atoms with Gasteiger partial charge in [-0.05, 0) is 37.0 Å². The van der Waals surface area contributed by atoms with Crippen LogP contribution >= 0.6 is 0 Å². The lowest BCUT2D eigenvalue weighted by atomic mass is 10.0. The van der Waals surface area contributed by atoms with Crippen molar-refractivity contribution in [1.29, 1.82) is 0 Å². The van der Waals surface area contributed by atoms with Gasteiger partial charge in [-0.3, -0.25) is 4.79 Å². The van der Waals surface area contributed by atoms with Crippen LogP contribution in [0.15, 0.2) is 47.3 Å². The predicted molar refractivity (Wildman–Crippen MR) is 102 cm³/mol. The molecule has 0 radical (unpaired) electrons. The van der Waals surface area contributed by atoms with E-state index in [0.29, 0.717) is 42.6 Å². The van der Waals surface area contributed by atoms with Gasteiger partial charge in [-0.2, -0.15) is 0 Å². The smallest absolute Gasteiger partial charge is 0.189 e. The molecule has 140 valence electrons. The van der Waals surface area contributed by atoms with Gasteiger partial charge in [0.2, 0.25) is 0 Å². The molecule has 1 unspecified atom stereocenters. The second-order valence-corrected chi connectivity index (χ2v) is 6.87. The summed E-state index contributed by atoms with van der Waals surface area (Å²) in [5.41, 5.74) is 3.45. The number of benzene rings is 2. The topological polar surface area (TPSA) is 51.5 Å². The number of fused-ring (bicyclic) bond motifs is 3. The number of hydrogen-bond acceptors (Lipinski definition) is 3. The number of aryl methyl sites for hydroxylation is 2. The van der Waals surface area contributed by atoms with Gasteiger partial charge in [-0.1, -0.05) is 30.3 Å². The molecule has 4 nitrogen and oxygen atoms in total. The number of hydrogen-bond donors (Lipinski definition) is 1. The van der Waals surface area contributed by atoms with Gasteiger partial charge in [-0.15, -0.1) is 0 Å². The Balaban J connectivity index is 1.80. The molecule has 1 heterocycles. The van der Waals surface area contributed by atoms with Crippen molar-refractivity contribution in [3.8, 4) is 0 Å². The van der Waals surface area contributed by atoms with E-state index in [1.54, 1.807) is 0 Å². The Labute approximate surface area is 156 Å². The number of rotatable bonds is 5. The molecular formula is C22H22FNO3. The molecule has 1 aliphatic carbocycles.